The van der Waals surface area contributed by atoms with E-state index < -0.39 is 6.03 Å². The van der Waals surface area contributed by atoms with E-state index in [0.717, 1.165) is 24.1 Å². The van der Waals surface area contributed by atoms with Gasteiger partial charge < -0.3 is 15.5 Å². The number of urea groups is 1. The summed E-state index contributed by atoms with van der Waals surface area (Å²) >= 11 is 0. The Hall–Kier alpha value is -2.57. The maximum atomic E-state index is 12.4. The summed E-state index contributed by atoms with van der Waals surface area (Å²) < 4.78 is 0. The molecule has 2 rings (SSSR count). The van der Waals surface area contributed by atoms with Crippen molar-refractivity contribution in [3.05, 3.63) is 29.3 Å². The highest BCUT2D eigenvalue weighted by atomic mass is 16.2. The Morgan fingerprint density at radius 1 is 1.25 bits per heavy atom. The number of fused-ring (bicyclic) bond motifs is 1. The van der Waals surface area contributed by atoms with E-state index in [-0.39, 0.29) is 24.4 Å². The lowest BCUT2D eigenvalue weighted by molar-refractivity contribution is -0.118. The second-order valence-electron chi connectivity index (χ2n) is 6.08. The van der Waals surface area contributed by atoms with Crippen molar-refractivity contribution in [3.8, 4) is 0 Å². The highest BCUT2D eigenvalue weighted by molar-refractivity contribution is 5.99. The molecule has 0 saturated carbocycles. The third kappa shape index (κ3) is 4.24. The van der Waals surface area contributed by atoms with Crippen LogP contribution in [0.5, 0.6) is 0 Å². The molecule has 0 unspecified atom stereocenters. The van der Waals surface area contributed by atoms with Gasteiger partial charge in [0.15, 0.2) is 0 Å². The smallest absolute Gasteiger partial charge is 0.321 e. The molecule has 1 aromatic carbocycles. The number of hydrogen-bond donors (Lipinski definition) is 3. The van der Waals surface area contributed by atoms with Gasteiger partial charge in [0.25, 0.3) is 5.91 Å². The average Bonchev–Trinajstić information content (AvgIpc) is 2.53. The van der Waals surface area contributed by atoms with Crippen LogP contribution in [0.3, 0.4) is 0 Å². The summed E-state index contributed by atoms with van der Waals surface area (Å²) in [5, 5.41) is 7.52. The molecule has 3 N–H and O–H groups in total. The molecule has 0 fully saturated rings. The van der Waals surface area contributed by atoms with Crippen LogP contribution in [0.2, 0.25) is 0 Å². The predicted octanol–water partition coefficient (Wildman–Crippen LogP) is 1.03. The predicted molar refractivity (Wildman–Crippen MR) is 92.2 cm³/mol. The highest BCUT2D eigenvalue weighted by Crippen LogP contribution is 2.29. The lowest BCUT2D eigenvalue weighted by Gasteiger charge is -2.31. The van der Waals surface area contributed by atoms with E-state index >= 15 is 0 Å². The van der Waals surface area contributed by atoms with Crippen LogP contribution < -0.4 is 20.9 Å². The zero-order valence-electron chi connectivity index (χ0n) is 14.3. The summed E-state index contributed by atoms with van der Waals surface area (Å²) in [5.74, 6) is -0.474. The van der Waals surface area contributed by atoms with Gasteiger partial charge in [-0.2, -0.15) is 0 Å². The molecule has 0 atom stereocenters. The zero-order chi connectivity index (χ0) is 17.7. The van der Waals surface area contributed by atoms with E-state index in [4.69, 9.17) is 0 Å². The number of carbonyl (C=O) groups excluding carboxylic acids is 3. The Labute approximate surface area is 141 Å². The monoisotopic (exact) mass is 332 g/mol. The van der Waals surface area contributed by atoms with Gasteiger partial charge in [-0.3, -0.25) is 14.9 Å². The molecular weight excluding hydrogens is 308 g/mol. The number of nitrogens with one attached hydrogen (secondary N) is 3. The molecule has 0 radical (unpaired) electrons. The first-order chi connectivity index (χ1) is 11.4. The van der Waals surface area contributed by atoms with Crippen LogP contribution in [0.4, 0.5) is 10.5 Å². The van der Waals surface area contributed by atoms with Gasteiger partial charge in [0.1, 0.15) is 0 Å². The quantitative estimate of drug-likeness (QED) is 0.768. The van der Waals surface area contributed by atoms with Gasteiger partial charge in [0.2, 0.25) is 5.91 Å². The van der Waals surface area contributed by atoms with Crippen molar-refractivity contribution < 1.29 is 14.4 Å². The van der Waals surface area contributed by atoms with Crippen molar-refractivity contribution in [1.29, 1.82) is 0 Å². The lowest BCUT2D eigenvalue weighted by atomic mass is 9.95. The number of benzene rings is 1. The van der Waals surface area contributed by atoms with Gasteiger partial charge in [-0.05, 0) is 44.4 Å². The van der Waals surface area contributed by atoms with E-state index in [1.165, 1.54) is 7.05 Å². The first-order valence-corrected chi connectivity index (χ1v) is 8.11. The van der Waals surface area contributed by atoms with Crippen LogP contribution in [-0.4, -0.2) is 44.0 Å². The summed E-state index contributed by atoms with van der Waals surface area (Å²) in [6, 6.07) is 5.08. The van der Waals surface area contributed by atoms with Crippen LogP contribution in [0.1, 0.15) is 36.2 Å². The summed E-state index contributed by atoms with van der Waals surface area (Å²) in [5.41, 5.74) is 2.48. The molecule has 1 aliphatic rings. The van der Waals surface area contributed by atoms with Crippen molar-refractivity contribution >= 4 is 23.5 Å². The molecule has 130 valence electrons. The molecule has 7 heteroatoms. The van der Waals surface area contributed by atoms with Gasteiger partial charge in [0, 0.05) is 30.9 Å². The van der Waals surface area contributed by atoms with Crippen molar-refractivity contribution in [2.45, 2.75) is 32.7 Å². The normalized spacial score (nSPS) is 13.2. The average molecular weight is 332 g/mol. The second-order valence-corrected chi connectivity index (χ2v) is 6.08. The Bertz CT molecular complexity index is 643. The molecule has 4 amide bonds. The van der Waals surface area contributed by atoms with Crippen molar-refractivity contribution in [2.24, 2.45) is 0 Å². The Morgan fingerprint density at radius 3 is 2.67 bits per heavy atom. The molecule has 0 bridgehead atoms. The van der Waals surface area contributed by atoms with Crippen LogP contribution in [0, 0.1) is 0 Å². The number of rotatable bonds is 4. The topological polar surface area (TPSA) is 90.5 Å². The van der Waals surface area contributed by atoms with Gasteiger partial charge in [-0.15, -0.1) is 0 Å². The fourth-order valence-electron chi connectivity index (χ4n) is 2.82. The van der Waals surface area contributed by atoms with Gasteiger partial charge >= 0.3 is 6.03 Å². The van der Waals surface area contributed by atoms with Gasteiger partial charge in [0.05, 0.1) is 6.54 Å². The summed E-state index contributed by atoms with van der Waals surface area (Å²) in [6.07, 6.45) is 1.65. The number of nitrogens with zero attached hydrogens (tertiary/aromatic N) is 1. The standard InChI is InChI=1S/C17H24N4O3/c1-11(2)19-16(23)13-6-4-8-14-12(13)7-5-9-21(14)10-15(22)20-17(24)18-3/h4,6,8,11H,5,7,9-10H2,1-3H3,(H,19,23)(H2,18,20,22,24). The molecule has 0 aromatic heterocycles. The van der Waals surface area contributed by atoms with E-state index in [9.17, 15) is 14.4 Å². The molecule has 1 aromatic rings. The molecule has 1 aliphatic heterocycles. The third-order valence-electron chi connectivity index (χ3n) is 3.83. The maximum Gasteiger partial charge on any atom is 0.321 e. The van der Waals surface area contributed by atoms with E-state index in [2.05, 4.69) is 16.0 Å². The molecule has 1 heterocycles. The lowest BCUT2D eigenvalue weighted by Crippen LogP contribution is -2.45. The minimum atomic E-state index is -0.526. The summed E-state index contributed by atoms with van der Waals surface area (Å²) in [7, 11) is 1.46. The second kappa shape index (κ2) is 7.81. The third-order valence-corrected chi connectivity index (χ3v) is 3.83. The molecule has 0 spiro atoms. The van der Waals surface area contributed by atoms with Crippen LogP contribution >= 0.6 is 0 Å². The van der Waals surface area contributed by atoms with E-state index in [0.29, 0.717) is 12.1 Å². The first-order valence-electron chi connectivity index (χ1n) is 8.11. The molecule has 0 aliphatic carbocycles. The summed E-state index contributed by atoms with van der Waals surface area (Å²) in [6.45, 7) is 4.63. The maximum absolute atomic E-state index is 12.4. The Kier molecular flexibility index (Phi) is 5.78. The fourth-order valence-corrected chi connectivity index (χ4v) is 2.82. The molecule has 7 nitrogen and oxygen atoms in total. The first kappa shape index (κ1) is 17.8. The minimum Gasteiger partial charge on any atom is -0.362 e. The van der Waals surface area contributed by atoms with E-state index in [1.807, 2.05) is 36.9 Å². The SMILES string of the molecule is CNC(=O)NC(=O)CN1CCCc2c(C(=O)NC(C)C)cccc21. The zero-order valence-corrected chi connectivity index (χ0v) is 14.3. The largest absolute Gasteiger partial charge is 0.362 e. The highest BCUT2D eigenvalue weighted by Gasteiger charge is 2.24. The van der Waals surface area contributed by atoms with Crippen molar-refractivity contribution in [2.75, 3.05) is 25.0 Å². The van der Waals surface area contributed by atoms with Crippen molar-refractivity contribution in [3.63, 3.8) is 0 Å². The fraction of sp³-hybridized carbons (Fsp3) is 0.471. The molecule has 24 heavy (non-hydrogen) atoms. The number of amides is 4. The number of carbonyl (C=O) groups is 3. The number of hydrogen-bond acceptors (Lipinski definition) is 4. The molecule has 0 saturated heterocycles. The van der Waals surface area contributed by atoms with Gasteiger partial charge in [-0.1, -0.05) is 6.07 Å². The van der Waals surface area contributed by atoms with Crippen LogP contribution in [0.15, 0.2) is 18.2 Å². The van der Waals surface area contributed by atoms with Crippen molar-refractivity contribution in [1.82, 2.24) is 16.0 Å². The van der Waals surface area contributed by atoms with Crippen LogP contribution in [0.25, 0.3) is 0 Å². The Balaban J connectivity index is 2.20. The Morgan fingerprint density at radius 2 is 2.00 bits per heavy atom. The number of imide groups is 1. The minimum absolute atomic E-state index is 0.0615. The van der Waals surface area contributed by atoms with Crippen LogP contribution in [-0.2, 0) is 11.2 Å². The van der Waals surface area contributed by atoms with E-state index in [1.54, 1.807) is 0 Å². The molecular formula is C17H24N4O3. The van der Waals surface area contributed by atoms with Gasteiger partial charge in [-0.25, -0.2) is 4.79 Å². The number of anilines is 1. The summed E-state index contributed by atoms with van der Waals surface area (Å²) in [4.78, 5) is 37.5.